The van der Waals surface area contributed by atoms with Crippen LogP contribution >= 0.6 is 0 Å². The minimum Gasteiger partial charge on any atom is -0.328 e. The van der Waals surface area contributed by atoms with Crippen LogP contribution in [0.4, 0.5) is 4.79 Å². The fraction of sp³-hybridized carbons (Fsp3) is 0.857. The van der Waals surface area contributed by atoms with Crippen LogP contribution in [0.5, 0.6) is 0 Å². The number of hydrogen-bond donors (Lipinski definition) is 1. The van der Waals surface area contributed by atoms with Crippen molar-refractivity contribution in [2.75, 3.05) is 26.7 Å². The van der Waals surface area contributed by atoms with E-state index in [2.05, 4.69) is 0 Å². The fourth-order valence-electron chi connectivity index (χ4n) is 1.20. The van der Waals surface area contributed by atoms with Gasteiger partial charge in [0.05, 0.1) is 0 Å². The summed E-state index contributed by atoms with van der Waals surface area (Å²) in [5.41, 5.74) is 5.45. The highest BCUT2D eigenvalue weighted by Gasteiger charge is 2.28. The Morgan fingerprint density at radius 1 is 1.64 bits per heavy atom. The first kappa shape index (κ1) is 8.33. The predicted molar refractivity (Wildman–Crippen MR) is 43.2 cm³/mol. The molecule has 0 aliphatic carbocycles. The average Bonchev–Trinajstić information content (AvgIpc) is 2.32. The normalized spacial score (nSPS) is 21.2. The van der Waals surface area contributed by atoms with Gasteiger partial charge in [-0.05, 0) is 6.92 Å². The predicted octanol–water partition coefficient (Wildman–Crippen LogP) is -0.299. The molecule has 1 aliphatic heterocycles. The van der Waals surface area contributed by atoms with Crippen molar-refractivity contribution in [3.63, 3.8) is 0 Å². The van der Waals surface area contributed by atoms with Gasteiger partial charge in [0.2, 0.25) is 0 Å². The van der Waals surface area contributed by atoms with Crippen molar-refractivity contribution in [3.8, 4) is 0 Å². The molecule has 0 aromatic rings. The third-order valence-corrected chi connectivity index (χ3v) is 2.12. The Hall–Kier alpha value is -0.770. The highest BCUT2D eigenvalue weighted by atomic mass is 16.2. The van der Waals surface area contributed by atoms with Crippen molar-refractivity contribution in [2.45, 2.75) is 13.0 Å². The summed E-state index contributed by atoms with van der Waals surface area (Å²) in [6.45, 7) is 4.15. The van der Waals surface area contributed by atoms with E-state index in [0.29, 0.717) is 6.54 Å². The quantitative estimate of drug-likeness (QED) is 0.598. The number of likely N-dealkylation sites (N-methyl/N-ethyl adjacent to an activating group) is 1. The first-order chi connectivity index (χ1) is 5.16. The highest BCUT2D eigenvalue weighted by molar-refractivity contribution is 5.76. The molecule has 4 nitrogen and oxygen atoms in total. The monoisotopic (exact) mass is 157 g/mol. The van der Waals surface area contributed by atoms with Gasteiger partial charge in [0.1, 0.15) is 0 Å². The van der Waals surface area contributed by atoms with Gasteiger partial charge in [-0.3, -0.25) is 0 Å². The van der Waals surface area contributed by atoms with Gasteiger partial charge < -0.3 is 15.5 Å². The highest BCUT2D eigenvalue weighted by Crippen LogP contribution is 2.08. The number of hydrogen-bond acceptors (Lipinski definition) is 2. The third kappa shape index (κ3) is 1.45. The molecule has 64 valence electrons. The topological polar surface area (TPSA) is 49.6 Å². The summed E-state index contributed by atoms with van der Waals surface area (Å²) >= 11 is 0. The van der Waals surface area contributed by atoms with Gasteiger partial charge in [-0.25, -0.2) is 4.79 Å². The Balaban J connectivity index is 2.54. The molecule has 4 heteroatoms. The molecule has 0 aromatic heterocycles. The molecule has 0 saturated carbocycles. The van der Waals surface area contributed by atoms with E-state index in [1.807, 2.05) is 14.0 Å². The molecule has 0 bridgehead atoms. The van der Waals surface area contributed by atoms with Crippen LogP contribution in [0.15, 0.2) is 0 Å². The SMILES string of the molecule is CC(CN)N1CCN(C)C1=O. The van der Waals surface area contributed by atoms with Gasteiger partial charge in [-0.1, -0.05) is 0 Å². The molecule has 1 fully saturated rings. The van der Waals surface area contributed by atoms with Gasteiger partial charge >= 0.3 is 6.03 Å². The Labute approximate surface area is 66.9 Å². The maximum Gasteiger partial charge on any atom is 0.320 e. The zero-order chi connectivity index (χ0) is 8.43. The Morgan fingerprint density at radius 3 is 2.64 bits per heavy atom. The van der Waals surface area contributed by atoms with Crippen molar-refractivity contribution < 1.29 is 4.79 Å². The second-order valence-electron chi connectivity index (χ2n) is 2.98. The summed E-state index contributed by atoms with van der Waals surface area (Å²) in [4.78, 5) is 14.8. The molecule has 1 aliphatic rings. The summed E-state index contributed by atoms with van der Waals surface area (Å²) in [7, 11) is 1.81. The standard InChI is InChI=1S/C7H15N3O/c1-6(5-8)10-4-3-9(2)7(10)11/h6H,3-5,8H2,1-2H3. The molecule has 11 heavy (non-hydrogen) atoms. The molecule has 1 unspecified atom stereocenters. The largest absolute Gasteiger partial charge is 0.328 e. The van der Waals surface area contributed by atoms with Crippen molar-refractivity contribution in [1.29, 1.82) is 0 Å². The van der Waals surface area contributed by atoms with E-state index < -0.39 is 0 Å². The van der Waals surface area contributed by atoms with Crippen LogP contribution in [-0.2, 0) is 0 Å². The first-order valence-electron chi connectivity index (χ1n) is 3.88. The molecule has 0 spiro atoms. The summed E-state index contributed by atoms with van der Waals surface area (Å²) < 4.78 is 0. The zero-order valence-corrected chi connectivity index (χ0v) is 7.08. The van der Waals surface area contributed by atoms with Gasteiger partial charge in [0.25, 0.3) is 0 Å². The van der Waals surface area contributed by atoms with Crippen molar-refractivity contribution in [1.82, 2.24) is 9.80 Å². The van der Waals surface area contributed by atoms with Crippen LogP contribution in [0.1, 0.15) is 6.92 Å². The molecule has 1 saturated heterocycles. The van der Waals surface area contributed by atoms with E-state index in [1.54, 1.807) is 9.80 Å². The number of urea groups is 1. The van der Waals surface area contributed by atoms with E-state index in [0.717, 1.165) is 13.1 Å². The molecule has 2 N–H and O–H groups in total. The number of nitrogens with zero attached hydrogens (tertiary/aromatic N) is 2. The number of rotatable bonds is 2. The van der Waals surface area contributed by atoms with Crippen LogP contribution in [0.2, 0.25) is 0 Å². The van der Waals surface area contributed by atoms with E-state index in [9.17, 15) is 4.79 Å². The lowest BCUT2D eigenvalue weighted by molar-refractivity contribution is 0.187. The number of carbonyl (C=O) groups excluding carboxylic acids is 1. The first-order valence-corrected chi connectivity index (χ1v) is 3.88. The number of carbonyl (C=O) groups is 1. The van der Waals surface area contributed by atoms with Gasteiger partial charge in [0, 0.05) is 32.7 Å². The van der Waals surface area contributed by atoms with Crippen LogP contribution in [0, 0.1) is 0 Å². The molecule has 2 amide bonds. The van der Waals surface area contributed by atoms with Gasteiger partial charge in [0.15, 0.2) is 0 Å². The fourth-order valence-corrected chi connectivity index (χ4v) is 1.20. The third-order valence-electron chi connectivity index (χ3n) is 2.12. The molecule has 0 radical (unpaired) electrons. The minimum atomic E-state index is 0.1000. The van der Waals surface area contributed by atoms with E-state index in [-0.39, 0.29) is 12.1 Å². The molecular weight excluding hydrogens is 142 g/mol. The van der Waals surface area contributed by atoms with Crippen molar-refractivity contribution in [3.05, 3.63) is 0 Å². The Morgan fingerprint density at radius 2 is 2.27 bits per heavy atom. The second-order valence-corrected chi connectivity index (χ2v) is 2.98. The maximum absolute atomic E-state index is 11.3. The van der Waals surface area contributed by atoms with Crippen LogP contribution in [0.25, 0.3) is 0 Å². The summed E-state index contributed by atoms with van der Waals surface area (Å²) in [5.74, 6) is 0. The zero-order valence-electron chi connectivity index (χ0n) is 7.08. The molecule has 1 heterocycles. The molecule has 0 aromatic carbocycles. The lowest BCUT2D eigenvalue weighted by atomic mass is 10.3. The van der Waals surface area contributed by atoms with Crippen molar-refractivity contribution >= 4 is 6.03 Å². The van der Waals surface area contributed by atoms with Crippen molar-refractivity contribution in [2.24, 2.45) is 5.73 Å². The van der Waals surface area contributed by atoms with E-state index in [4.69, 9.17) is 5.73 Å². The van der Waals surface area contributed by atoms with Gasteiger partial charge in [-0.15, -0.1) is 0 Å². The van der Waals surface area contributed by atoms with Crippen LogP contribution in [0.3, 0.4) is 0 Å². The summed E-state index contributed by atoms with van der Waals surface area (Å²) in [5, 5.41) is 0. The van der Waals surface area contributed by atoms with Crippen LogP contribution < -0.4 is 5.73 Å². The Kier molecular flexibility index (Phi) is 2.34. The average molecular weight is 157 g/mol. The maximum atomic E-state index is 11.3. The number of amides is 2. The lowest BCUT2D eigenvalue weighted by Gasteiger charge is -2.22. The summed E-state index contributed by atoms with van der Waals surface area (Å²) in [6.07, 6.45) is 0. The lowest BCUT2D eigenvalue weighted by Crippen LogP contribution is -2.40. The molecular formula is C7H15N3O. The molecule has 1 rings (SSSR count). The van der Waals surface area contributed by atoms with Crippen LogP contribution in [-0.4, -0.2) is 48.6 Å². The van der Waals surface area contributed by atoms with E-state index in [1.165, 1.54) is 0 Å². The van der Waals surface area contributed by atoms with E-state index >= 15 is 0 Å². The Bertz CT molecular complexity index is 160. The smallest absolute Gasteiger partial charge is 0.320 e. The van der Waals surface area contributed by atoms with Gasteiger partial charge in [-0.2, -0.15) is 0 Å². The summed E-state index contributed by atoms with van der Waals surface area (Å²) in [6, 6.07) is 0.274. The molecule has 1 atom stereocenters. The second kappa shape index (κ2) is 3.09. The minimum absolute atomic E-state index is 0.1000. The number of nitrogens with two attached hydrogens (primary N) is 1.